The molecule has 0 heterocycles. The lowest BCUT2D eigenvalue weighted by Crippen LogP contribution is -2.09. The molecule has 0 saturated carbocycles. The molecule has 0 saturated heterocycles. The second-order valence-corrected chi connectivity index (χ2v) is 4.64. The SMILES string of the molecule is Cc1ccccc1CCNc1c(F)cc([N+](=O)[O-])cc1F. The van der Waals surface area contributed by atoms with Gasteiger partial charge in [0.15, 0.2) is 11.6 Å². The van der Waals surface area contributed by atoms with Crippen molar-refractivity contribution in [1.29, 1.82) is 0 Å². The second-order valence-electron chi connectivity index (χ2n) is 4.64. The van der Waals surface area contributed by atoms with Gasteiger partial charge in [0, 0.05) is 6.54 Å². The average Bonchev–Trinajstić information content (AvgIpc) is 2.43. The molecule has 0 fully saturated rings. The predicted octanol–water partition coefficient (Wildman–Crippen LogP) is 3.84. The maximum Gasteiger partial charge on any atom is 0.275 e. The molecule has 2 aromatic rings. The van der Waals surface area contributed by atoms with Gasteiger partial charge in [0.1, 0.15) is 5.69 Å². The van der Waals surface area contributed by atoms with Crippen LogP contribution in [0.15, 0.2) is 36.4 Å². The van der Waals surface area contributed by atoms with E-state index >= 15 is 0 Å². The highest BCUT2D eigenvalue weighted by Crippen LogP contribution is 2.24. The van der Waals surface area contributed by atoms with Gasteiger partial charge in [-0.2, -0.15) is 0 Å². The zero-order chi connectivity index (χ0) is 15.4. The summed E-state index contributed by atoms with van der Waals surface area (Å²) in [6.07, 6.45) is 0.600. The molecule has 0 spiro atoms. The number of nitro benzene ring substituents is 1. The van der Waals surface area contributed by atoms with Gasteiger partial charge >= 0.3 is 0 Å². The number of benzene rings is 2. The molecule has 2 rings (SSSR count). The van der Waals surface area contributed by atoms with Crippen molar-refractivity contribution in [2.45, 2.75) is 13.3 Å². The van der Waals surface area contributed by atoms with E-state index in [9.17, 15) is 18.9 Å². The summed E-state index contributed by atoms with van der Waals surface area (Å²) in [7, 11) is 0. The third-order valence-corrected chi connectivity index (χ3v) is 3.20. The van der Waals surface area contributed by atoms with Gasteiger partial charge in [0.05, 0.1) is 17.1 Å². The van der Waals surface area contributed by atoms with E-state index in [2.05, 4.69) is 5.32 Å². The average molecular weight is 292 g/mol. The number of anilines is 1. The van der Waals surface area contributed by atoms with Crippen molar-refractivity contribution in [2.75, 3.05) is 11.9 Å². The molecule has 0 amide bonds. The van der Waals surface area contributed by atoms with Crippen LogP contribution in [0.3, 0.4) is 0 Å². The molecular weight excluding hydrogens is 278 g/mol. The van der Waals surface area contributed by atoms with Crippen LogP contribution in [0, 0.1) is 28.7 Å². The van der Waals surface area contributed by atoms with Gasteiger partial charge in [-0.1, -0.05) is 24.3 Å². The van der Waals surface area contributed by atoms with Crippen molar-refractivity contribution < 1.29 is 13.7 Å². The highest BCUT2D eigenvalue weighted by Gasteiger charge is 2.16. The number of halogens is 2. The summed E-state index contributed by atoms with van der Waals surface area (Å²) in [4.78, 5) is 9.67. The Morgan fingerprint density at radius 1 is 1.19 bits per heavy atom. The van der Waals surface area contributed by atoms with Crippen LogP contribution in [0.1, 0.15) is 11.1 Å². The maximum absolute atomic E-state index is 13.7. The third kappa shape index (κ3) is 3.53. The number of rotatable bonds is 5. The van der Waals surface area contributed by atoms with E-state index in [0.717, 1.165) is 11.1 Å². The highest BCUT2D eigenvalue weighted by atomic mass is 19.1. The minimum absolute atomic E-state index is 0.330. The van der Waals surface area contributed by atoms with Crippen molar-refractivity contribution >= 4 is 11.4 Å². The van der Waals surface area contributed by atoms with Crippen molar-refractivity contribution in [1.82, 2.24) is 0 Å². The van der Waals surface area contributed by atoms with Gasteiger partial charge in [0.2, 0.25) is 0 Å². The Hall–Kier alpha value is -2.50. The molecule has 0 radical (unpaired) electrons. The summed E-state index contributed by atoms with van der Waals surface area (Å²) in [6, 6.07) is 9.14. The zero-order valence-electron chi connectivity index (χ0n) is 11.4. The molecule has 0 unspecified atom stereocenters. The third-order valence-electron chi connectivity index (χ3n) is 3.20. The fourth-order valence-electron chi connectivity index (χ4n) is 2.05. The van der Waals surface area contributed by atoms with E-state index in [4.69, 9.17) is 0 Å². The Bertz CT molecular complexity index is 651. The van der Waals surface area contributed by atoms with Crippen LogP contribution in [-0.4, -0.2) is 11.5 Å². The van der Waals surface area contributed by atoms with E-state index < -0.39 is 22.2 Å². The summed E-state index contributed by atoms with van der Waals surface area (Å²) in [5.41, 5.74) is 1.24. The molecule has 110 valence electrons. The monoisotopic (exact) mass is 292 g/mol. The molecule has 0 aromatic heterocycles. The molecule has 21 heavy (non-hydrogen) atoms. The number of hydrogen-bond acceptors (Lipinski definition) is 3. The van der Waals surface area contributed by atoms with Crippen LogP contribution in [0.25, 0.3) is 0 Å². The minimum atomic E-state index is -0.966. The minimum Gasteiger partial charge on any atom is -0.380 e. The van der Waals surface area contributed by atoms with Gasteiger partial charge < -0.3 is 5.32 Å². The normalized spacial score (nSPS) is 10.4. The molecule has 0 aliphatic heterocycles. The van der Waals surface area contributed by atoms with Gasteiger partial charge in [-0.15, -0.1) is 0 Å². The van der Waals surface area contributed by atoms with E-state index in [1.165, 1.54) is 0 Å². The fraction of sp³-hybridized carbons (Fsp3) is 0.200. The molecular formula is C15H14F2N2O2. The first-order valence-electron chi connectivity index (χ1n) is 6.41. The van der Waals surface area contributed by atoms with E-state index in [1.807, 2.05) is 31.2 Å². The van der Waals surface area contributed by atoms with E-state index in [0.29, 0.717) is 25.1 Å². The van der Waals surface area contributed by atoms with Crippen molar-refractivity contribution in [3.05, 3.63) is 69.3 Å². The lowest BCUT2D eigenvalue weighted by Gasteiger charge is -2.10. The smallest absolute Gasteiger partial charge is 0.275 e. The summed E-state index contributed by atoms with van der Waals surface area (Å²) < 4.78 is 27.3. The number of nitrogens with one attached hydrogen (secondary N) is 1. The van der Waals surface area contributed by atoms with Crippen molar-refractivity contribution in [2.24, 2.45) is 0 Å². The number of aryl methyl sites for hydroxylation is 1. The van der Waals surface area contributed by atoms with Crippen LogP contribution in [0.5, 0.6) is 0 Å². The number of nitrogens with zero attached hydrogens (tertiary/aromatic N) is 1. The van der Waals surface area contributed by atoms with Crippen LogP contribution in [0.2, 0.25) is 0 Å². The van der Waals surface area contributed by atoms with Crippen molar-refractivity contribution in [3.63, 3.8) is 0 Å². The van der Waals surface area contributed by atoms with Gasteiger partial charge in [0.25, 0.3) is 5.69 Å². The quantitative estimate of drug-likeness (QED) is 0.673. The summed E-state index contributed by atoms with van der Waals surface area (Å²) in [6.45, 7) is 2.29. The van der Waals surface area contributed by atoms with Crippen molar-refractivity contribution in [3.8, 4) is 0 Å². The summed E-state index contributed by atoms with van der Waals surface area (Å²) >= 11 is 0. The Labute approximate surface area is 120 Å². The van der Waals surface area contributed by atoms with Crippen LogP contribution < -0.4 is 5.32 Å². The molecule has 0 atom stereocenters. The first kappa shape index (κ1) is 14.9. The predicted molar refractivity (Wildman–Crippen MR) is 76.4 cm³/mol. The van der Waals surface area contributed by atoms with Crippen LogP contribution in [-0.2, 0) is 6.42 Å². The first-order valence-corrected chi connectivity index (χ1v) is 6.41. The fourth-order valence-corrected chi connectivity index (χ4v) is 2.05. The van der Waals surface area contributed by atoms with Gasteiger partial charge in [-0.3, -0.25) is 10.1 Å². The van der Waals surface area contributed by atoms with Gasteiger partial charge in [-0.25, -0.2) is 8.78 Å². The Kier molecular flexibility index (Phi) is 4.47. The summed E-state index contributed by atoms with van der Waals surface area (Å²) in [5.74, 6) is -1.93. The second kappa shape index (κ2) is 6.30. The Balaban J connectivity index is 2.07. The van der Waals surface area contributed by atoms with Crippen LogP contribution >= 0.6 is 0 Å². The van der Waals surface area contributed by atoms with E-state index in [1.54, 1.807) is 0 Å². The van der Waals surface area contributed by atoms with E-state index in [-0.39, 0.29) is 5.69 Å². The van der Waals surface area contributed by atoms with Gasteiger partial charge in [-0.05, 0) is 24.5 Å². The first-order chi connectivity index (χ1) is 9.99. The van der Waals surface area contributed by atoms with Crippen LogP contribution in [0.4, 0.5) is 20.2 Å². The number of non-ortho nitro benzene ring substituents is 1. The summed E-state index contributed by atoms with van der Waals surface area (Å²) in [5, 5.41) is 13.2. The highest BCUT2D eigenvalue weighted by molar-refractivity contribution is 5.51. The molecule has 2 aromatic carbocycles. The largest absolute Gasteiger partial charge is 0.380 e. The molecule has 1 N–H and O–H groups in total. The molecule has 4 nitrogen and oxygen atoms in total. The molecule has 6 heteroatoms. The zero-order valence-corrected chi connectivity index (χ0v) is 11.4. The standard InChI is InChI=1S/C15H14F2N2O2/c1-10-4-2-3-5-11(10)6-7-18-15-13(16)8-12(19(20)21)9-14(15)17/h2-5,8-9,18H,6-7H2,1H3. The molecule has 0 bridgehead atoms. The number of hydrogen-bond donors (Lipinski definition) is 1. The Morgan fingerprint density at radius 2 is 1.81 bits per heavy atom. The Morgan fingerprint density at radius 3 is 2.38 bits per heavy atom. The maximum atomic E-state index is 13.7. The number of nitro groups is 1. The lowest BCUT2D eigenvalue weighted by molar-refractivity contribution is -0.385. The topological polar surface area (TPSA) is 55.2 Å². The molecule has 0 aliphatic rings. The molecule has 0 aliphatic carbocycles. The lowest BCUT2D eigenvalue weighted by atomic mass is 10.1.